The Morgan fingerprint density at radius 1 is 0.812 bits per heavy atom. The van der Waals surface area contributed by atoms with Crippen LogP contribution in [0.4, 0.5) is 8.78 Å². The van der Waals surface area contributed by atoms with E-state index in [9.17, 15) is 8.78 Å². The fourth-order valence-corrected chi connectivity index (χ4v) is 3.73. The molecule has 0 aliphatic carbocycles. The predicted octanol–water partition coefficient (Wildman–Crippen LogP) is 7.85. The minimum absolute atomic E-state index is 0.00890. The molecule has 0 saturated carbocycles. The zero-order chi connectivity index (χ0) is 22.8. The summed E-state index contributed by atoms with van der Waals surface area (Å²) >= 11 is 18.7. The molecular formula is C23H13Cl3F2N2O2. The molecule has 0 fully saturated rings. The Balaban J connectivity index is 1.93. The maximum absolute atomic E-state index is 13.6. The quantitative estimate of drug-likeness (QED) is 0.284. The first kappa shape index (κ1) is 22.3. The van der Waals surface area contributed by atoms with Crippen LogP contribution in [-0.4, -0.2) is 17.1 Å². The number of hydrogen-bond acceptors (Lipinski definition) is 4. The van der Waals surface area contributed by atoms with E-state index in [4.69, 9.17) is 44.3 Å². The molecule has 0 spiro atoms. The van der Waals surface area contributed by atoms with Gasteiger partial charge in [-0.05, 0) is 48.0 Å². The van der Waals surface area contributed by atoms with Crippen LogP contribution in [0.25, 0.3) is 22.4 Å². The van der Waals surface area contributed by atoms with Gasteiger partial charge in [0.05, 0.1) is 23.4 Å². The predicted molar refractivity (Wildman–Crippen MR) is 121 cm³/mol. The molecule has 0 atom stereocenters. The molecule has 162 valence electrons. The minimum Gasteiger partial charge on any atom is -0.480 e. The number of benzene rings is 3. The van der Waals surface area contributed by atoms with Crippen molar-refractivity contribution in [1.29, 1.82) is 0 Å². The fraction of sp³-hybridized carbons (Fsp3) is 0.0435. The van der Waals surface area contributed by atoms with E-state index in [-0.39, 0.29) is 17.6 Å². The average molecular weight is 494 g/mol. The highest BCUT2D eigenvalue weighted by Crippen LogP contribution is 2.42. The lowest BCUT2D eigenvalue weighted by Crippen LogP contribution is -2.02. The lowest BCUT2D eigenvalue weighted by atomic mass is 10.00. The van der Waals surface area contributed by atoms with Gasteiger partial charge in [0, 0.05) is 21.7 Å². The van der Waals surface area contributed by atoms with Crippen molar-refractivity contribution in [3.05, 3.63) is 87.4 Å². The summed E-state index contributed by atoms with van der Waals surface area (Å²) in [5, 5.41) is 1.28. The first-order valence-corrected chi connectivity index (χ1v) is 10.3. The lowest BCUT2D eigenvalue weighted by molar-refractivity contribution is 0.377. The second-order valence-corrected chi connectivity index (χ2v) is 7.83. The van der Waals surface area contributed by atoms with Crippen LogP contribution in [0.15, 0.2) is 60.7 Å². The van der Waals surface area contributed by atoms with Crippen LogP contribution in [0, 0.1) is 11.6 Å². The van der Waals surface area contributed by atoms with Crippen LogP contribution in [0.3, 0.4) is 0 Å². The third-order valence-corrected chi connectivity index (χ3v) is 5.23. The molecule has 4 rings (SSSR count). The van der Waals surface area contributed by atoms with Crippen molar-refractivity contribution in [2.45, 2.75) is 0 Å². The number of aromatic nitrogens is 2. The molecule has 1 aromatic heterocycles. The number of nitrogens with zero attached hydrogens (tertiary/aromatic N) is 2. The van der Waals surface area contributed by atoms with Gasteiger partial charge in [-0.15, -0.1) is 0 Å². The molecule has 0 aliphatic heterocycles. The van der Waals surface area contributed by atoms with Crippen LogP contribution in [0.2, 0.25) is 15.1 Å². The second-order valence-electron chi connectivity index (χ2n) is 6.55. The summed E-state index contributed by atoms with van der Waals surface area (Å²) < 4.78 is 38.0. The van der Waals surface area contributed by atoms with E-state index in [1.54, 1.807) is 36.4 Å². The SMILES string of the molecule is COc1nc(Oc2ccc(F)c(F)c2)nc(-c2ccc(Cl)cc2Cl)c1-c1cccc(Cl)c1. The molecule has 3 aromatic carbocycles. The Bertz CT molecular complexity index is 1320. The van der Waals surface area contributed by atoms with Gasteiger partial charge in [0.1, 0.15) is 5.75 Å². The first-order valence-electron chi connectivity index (χ1n) is 9.16. The number of halogens is 5. The number of methoxy groups -OCH3 is 1. The van der Waals surface area contributed by atoms with Crippen molar-refractivity contribution in [3.63, 3.8) is 0 Å². The molecule has 0 unspecified atom stereocenters. The second kappa shape index (κ2) is 9.28. The standard InChI is InChI=1S/C23H13Cl3F2N2O2/c1-31-22-20(12-3-2-4-13(24)9-12)21(16-7-5-14(25)10-17(16)26)29-23(30-22)32-15-6-8-18(27)19(28)11-15/h2-11H,1H3. The molecule has 0 amide bonds. The maximum Gasteiger partial charge on any atom is 0.325 e. The van der Waals surface area contributed by atoms with Crippen molar-refractivity contribution in [1.82, 2.24) is 9.97 Å². The van der Waals surface area contributed by atoms with E-state index in [0.29, 0.717) is 37.5 Å². The maximum atomic E-state index is 13.6. The van der Waals surface area contributed by atoms with Crippen LogP contribution < -0.4 is 9.47 Å². The third kappa shape index (κ3) is 4.63. The molecule has 0 N–H and O–H groups in total. The minimum atomic E-state index is -1.06. The normalized spacial score (nSPS) is 10.8. The number of rotatable bonds is 5. The molecule has 4 nitrogen and oxygen atoms in total. The van der Waals surface area contributed by atoms with Crippen LogP contribution in [-0.2, 0) is 0 Å². The van der Waals surface area contributed by atoms with E-state index in [2.05, 4.69) is 9.97 Å². The average Bonchev–Trinajstić information content (AvgIpc) is 2.76. The van der Waals surface area contributed by atoms with Crippen LogP contribution >= 0.6 is 34.8 Å². The highest BCUT2D eigenvalue weighted by atomic mass is 35.5. The van der Waals surface area contributed by atoms with Crippen LogP contribution in [0.5, 0.6) is 17.6 Å². The van der Waals surface area contributed by atoms with Gasteiger partial charge in [0.2, 0.25) is 5.88 Å². The summed E-state index contributed by atoms with van der Waals surface area (Å²) in [5.74, 6) is -1.89. The van der Waals surface area contributed by atoms with Crippen molar-refractivity contribution in [3.8, 4) is 40.0 Å². The van der Waals surface area contributed by atoms with Gasteiger partial charge in [0.15, 0.2) is 11.6 Å². The zero-order valence-electron chi connectivity index (χ0n) is 16.4. The molecule has 9 heteroatoms. The van der Waals surface area contributed by atoms with E-state index in [1.807, 2.05) is 6.07 Å². The summed E-state index contributed by atoms with van der Waals surface area (Å²) in [4.78, 5) is 8.79. The fourth-order valence-electron chi connectivity index (χ4n) is 3.04. The van der Waals surface area contributed by atoms with Gasteiger partial charge >= 0.3 is 6.01 Å². The summed E-state index contributed by atoms with van der Waals surface area (Å²) in [7, 11) is 1.44. The molecule has 0 bridgehead atoms. The molecule has 0 radical (unpaired) electrons. The molecule has 32 heavy (non-hydrogen) atoms. The summed E-state index contributed by atoms with van der Waals surface area (Å²) in [6.45, 7) is 0. The van der Waals surface area contributed by atoms with Crippen molar-refractivity contribution >= 4 is 34.8 Å². The van der Waals surface area contributed by atoms with E-state index >= 15 is 0 Å². The largest absolute Gasteiger partial charge is 0.480 e. The van der Waals surface area contributed by atoms with E-state index in [0.717, 1.165) is 12.1 Å². The molecule has 0 saturated heterocycles. The summed E-state index contributed by atoms with van der Waals surface area (Å²) in [6, 6.07) is 14.9. The molecule has 0 aliphatic rings. The smallest absolute Gasteiger partial charge is 0.325 e. The molecule has 4 aromatic rings. The zero-order valence-corrected chi connectivity index (χ0v) is 18.6. The Hall–Kier alpha value is -2.93. The van der Waals surface area contributed by atoms with Crippen molar-refractivity contribution < 1.29 is 18.3 Å². The van der Waals surface area contributed by atoms with Gasteiger partial charge < -0.3 is 9.47 Å². The summed E-state index contributed by atoms with van der Waals surface area (Å²) in [6.07, 6.45) is 0. The van der Waals surface area contributed by atoms with E-state index in [1.165, 1.54) is 13.2 Å². The summed E-state index contributed by atoms with van der Waals surface area (Å²) in [5.41, 5.74) is 2.09. The lowest BCUT2D eigenvalue weighted by Gasteiger charge is -2.16. The third-order valence-electron chi connectivity index (χ3n) is 4.45. The first-order chi connectivity index (χ1) is 15.4. The van der Waals surface area contributed by atoms with Gasteiger partial charge in [0.25, 0.3) is 0 Å². The van der Waals surface area contributed by atoms with Crippen molar-refractivity contribution in [2.24, 2.45) is 0 Å². The van der Waals surface area contributed by atoms with Gasteiger partial charge in [-0.25, -0.2) is 8.78 Å². The van der Waals surface area contributed by atoms with Gasteiger partial charge in [-0.3, -0.25) is 0 Å². The van der Waals surface area contributed by atoms with E-state index < -0.39 is 11.6 Å². The highest BCUT2D eigenvalue weighted by molar-refractivity contribution is 6.36. The Kier molecular flexibility index (Phi) is 6.46. The van der Waals surface area contributed by atoms with Crippen molar-refractivity contribution in [2.75, 3.05) is 7.11 Å². The topological polar surface area (TPSA) is 44.2 Å². The number of ether oxygens (including phenoxy) is 2. The Morgan fingerprint density at radius 3 is 2.28 bits per heavy atom. The van der Waals surface area contributed by atoms with Gasteiger partial charge in [-0.1, -0.05) is 46.9 Å². The Labute approximate surface area is 197 Å². The monoisotopic (exact) mass is 492 g/mol. The Morgan fingerprint density at radius 2 is 1.59 bits per heavy atom. The molecule has 1 heterocycles. The van der Waals surface area contributed by atoms with Crippen LogP contribution in [0.1, 0.15) is 0 Å². The highest BCUT2D eigenvalue weighted by Gasteiger charge is 2.22. The van der Waals surface area contributed by atoms with Gasteiger partial charge in [-0.2, -0.15) is 9.97 Å². The number of hydrogen-bond donors (Lipinski definition) is 0. The molecular weight excluding hydrogens is 481 g/mol.